The largest absolute Gasteiger partial charge is 0.326 e. The Labute approximate surface area is 128 Å². The first-order valence-corrected chi connectivity index (χ1v) is 6.78. The molecule has 0 saturated carbocycles. The number of carbonyl (C=O) groups is 2. The summed E-state index contributed by atoms with van der Waals surface area (Å²) in [5, 5.41) is 6.09. The lowest BCUT2D eigenvalue weighted by molar-refractivity contribution is -0.114. The van der Waals surface area contributed by atoms with Gasteiger partial charge in [0.05, 0.1) is 0 Å². The van der Waals surface area contributed by atoms with Crippen molar-refractivity contribution in [2.24, 2.45) is 0 Å². The Hall–Kier alpha value is -2.33. The zero-order valence-electron chi connectivity index (χ0n) is 11.7. The summed E-state index contributed by atoms with van der Waals surface area (Å²) in [6.45, 7) is 3.29. The normalized spacial score (nSPS) is 10.0. The van der Waals surface area contributed by atoms with Crippen LogP contribution in [-0.4, -0.2) is 11.8 Å². The SMILES string of the molecule is CC(=O)Nc1cccc(C(=O)Nc2ccc(Cl)cc2C)c1. The van der Waals surface area contributed by atoms with E-state index in [4.69, 9.17) is 11.6 Å². The minimum Gasteiger partial charge on any atom is -0.326 e. The third-order valence-electron chi connectivity index (χ3n) is 2.88. The minimum absolute atomic E-state index is 0.180. The van der Waals surface area contributed by atoms with Gasteiger partial charge in [0.2, 0.25) is 5.91 Å². The molecule has 2 aromatic carbocycles. The van der Waals surface area contributed by atoms with Gasteiger partial charge in [-0.2, -0.15) is 0 Å². The fourth-order valence-corrected chi connectivity index (χ4v) is 2.13. The molecular formula is C16H15ClN2O2. The third kappa shape index (κ3) is 4.07. The number of hydrogen-bond acceptors (Lipinski definition) is 2. The van der Waals surface area contributed by atoms with Crippen LogP contribution >= 0.6 is 11.6 Å². The van der Waals surface area contributed by atoms with Crippen molar-refractivity contribution in [2.75, 3.05) is 10.6 Å². The van der Waals surface area contributed by atoms with Gasteiger partial charge in [-0.15, -0.1) is 0 Å². The van der Waals surface area contributed by atoms with Crippen LogP contribution in [0, 0.1) is 6.92 Å². The molecule has 4 nitrogen and oxygen atoms in total. The topological polar surface area (TPSA) is 58.2 Å². The summed E-state index contributed by atoms with van der Waals surface area (Å²) in [5.41, 5.74) is 2.64. The second-order valence-corrected chi connectivity index (χ2v) is 5.11. The summed E-state index contributed by atoms with van der Waals surface area (Å²) in [6.07, 6.45) is 0. The van der Waals surface area contributed by atoms with Crippen molar-refractivity contribution in [3.05, 3.63) is 58.6 Å². The molecule has 108 valence electrons. The maximum absolute atomic E-state index is 12.2. The van der Waals surface area contributed by atoms with Crippen molar-refractivity contribution >= 4 is 34.8 Å². The maximum Gasteiger partial charge on any atom is 0.255 e. The van der Waals surface area contributed by atoms with E-state index in [-0.39, 0.29) is 11.8 Å². The molecule has 0 spiro atoms. The molecule has 0 aliphatic rings. The molecule has 0 unspecified atom stereocenters. The van der Waals surface area contributed by atoms with E-state index in [0.29, 0.717) is 22.0 Å². The van der Waals surface area contributed by atoms with E-state index < -0.39 is 0 Å². The molecule has 21 heavy (non-hydrogen) atoms. The van der Waals surface area contributed by atoms with E-state index >= 15 is 0 Å². The average molecular weight is 303 g/mol. The number of hydrogen-bond donors (Lipinski definition) is 2. The number of anilines is 2. The van der Waals surface area contributed by atoms with Gasteiger partial charge in [-0.25, -0.2) is 0 Å². The molecule has 0 saturated heterocycles. The average Bonchev–Trinajstić information content (AvgIpc) is 2.41. The van der Waals surface area contributed by atoms with Crippen LogP contribution in [0.5, 0.6) is 0 Å². The van der Waals surface area contributed by atoms with Crippen LogP contribution in [0.3, 0.4) is 0 Å². The van der Waals surface area contributed by atoms with Crippen LogP contribution in [0.15, 0.2) is 42.5 Å². The van der Waals surface area contributed by atoms with Crippen molar-refractivity contribution in [1.29, 1.82) is 0 Å². The Balaban J connectivity index is 2.18. The van der Waals surface area contributed by atoms with Crippen molar-refractivity contribution in [2.45, 2.75) is 13.8 Å². The molecule has 2 rings (SSSR count). The molecule has 0 radical (unpaired) electrons. The van der Waals surface area contributed by atoms with E-state index in [2.05, 4.69) is 10.6 Å². The third-order valence-corrected chi connectivity index (χ3v) is 3.12. The predicted molar refractivity (Wildman–Crippen MR) is 84.9 cm³/mol. The molecule has 5 heteroatoms. The molecule has 0 bridgehead atoms. The molecule has 2 amide bonds. The van der Waals surface area contributed by atoms with Gasteiger partial charge in [-0.3, -0.25) is 9.59 Å². The number of aryl methyl sites for hydroxylation is 1. The molecule has 0 aromatic heterocycles. The van der Waals surface area contributed by atoms with Gasteiger partial charge < -0.3 is 10.6 Å². The molecule has 0 heterocycles. The summed E-state index contributed by atoms with van der Waals surface area (Å²) in [4.78, 5) is 23.3. The lowest BCUT2D eigenvalue weighted by atomic mass is 10.1. The van der Waals surface area contributed by atoms with Gasteiger partial charge in [0.1, 0.15) is 0 Å². The molecule has 2 N–H and O–H groups in total. The first kappa shape index (κ1) is 15.1. The number of carbonyl (C=O) groups excluding carboxylic acids is 2. The highest BCUT2D eigenvalue weighted by molar-refractivity contribution is 6.30. The van der Waals surface area contributed by atoms with Gasteiger partial charge in [-0.1, -0.05) is 17.7 Å². The second kappa shape index (κ2) is 6.41. The summed E-state index contributed by atoms with van der Waals surface area (Å²) in [5.74, 6) is -0.422. The van der Waals surface area contributed by atoms with E-state index in [0.717, 1.165) is 5.56 Å². The van der Waals surface area contributed by atoms with E-state index in [1.807, 2.05) is 6.92 Å². The molecule has 0 fully saturated rings. The molecule has 0 aliphatic carbocycles. The monoisotopic (exact) mass is 302 g/mol. The Bertz CT molecular complexity index is 698. The van der Waals surface area contributed by atoms with Crippen LogP contribution in [0.4, 0.5) is 11.4 Å². The number of halogens is 1. The Kier molecular flexibility index (Phi) is 4.60. The van der Waals surface area contributed by atoms with Crippen molar-refractivity contribution in [3.63, 3.8) is 0 Å². The number of rotatable bonds is 3. The second-order valence-electron chi connectivity index (χ2n) is 4.68. The van der Waals surface area contributed by atoms with Gasteiger partial charge in [-0.05, 0) is 48.9 Å². The van der Waals surface area contributed by atoms with Crippen molar-refractivity contribution in [1.82, 2.24) is 0 Å². The first-order valence-electron chi connectivity index (χ1n) is 6.41. The minimum atomic E-state index is -0.243. The van der Waals surface area contributed by atoms with Gasteiger partial charge in [0.15, 0.2) is 0 Å². The van der Waals surface area contributed by atoms with Crippen LogP contribution < -0.4 is 10.6 Å². The van der Waals surface area contributed by atoms with Gasteiger partial charge >= 0.3 is 0 Å². The Morgan fingerprint density at radius 3 is 2.48 bits per heavy atom. The maximum atomic E-state index is 12.2. The van der Waals surface area contributed by atoms with E-state index in [1.54, 1.807) is 42.5 Å². The van der Waals surface area contributed by atoms with Gasteiger partial charge in [0.25, 0.3) is 5.91 Å². The molecular weight excluding hydrogens is 288 g/mol. The number of nitrogens with one attached hydrogen (secondary N) is 2. The van der Waals surface area contributed by atoms with Gasteiger partial charge in [0, 0.05) is 28.9 Å². The van der Waals surface area contributed by atoms with Crippen molar-refractivity contribution in [3.8, 4) is 0 Å². The summed E-state index contributed by atoms with van der Waals surface area (Å²) < 4.78 is 0. The quantitative estimate of drug-likeness (QED) is 0.904. The zero-order chi connectivity index (χ0) is 15.4. The van der Waals surface area contributed by atoms with E-state index in [9.17, 15) is 9.59 Å². The fraction of sp³-hybridized carbons (Fsp3) is 0.125. The highest BCUT2D eigenvalue weighted by atomic mass is 35.5. The lowest BCUT2D eigenvalue weighted by Crippen LogP contribution is -2.13. The van der Waals surface area contributed by atoms with Crippen LogP contribution in [0.25, 0.3) is 0 Å². The predicted octanol–water partition coefficient (Wildman–Crippen LogP) is 3.86. The summed E-state index contributed by atoms with van der Waals surface area (Å²) in [6, 6.07) is 12.0. The first-order chi connectivity index (χ1) is 9.95. The fourth-order valence-electron chi connectivity index (χ4n) is 1.90. The smallest absolute Gasteiger partial charge is 0.255 e. The van der Waals surface area contributed by atoms with Crippen molar-refractivity contribution < 1.29 is 9.59 Å². The van der Waals surface area contributed by atoms with Crippen LogP contribution in [-0.2, 0) is 4.79 Å². The highest BCUT2D eigenvalue weighted by Gasteiger charge is 2.09. The molecule has 2 aromatic rings. The summed E-state index contributed by atoms with van der Waals surface area (Å²) in [7, 11) is 0. The van der Waals surface area contributed by atoms with Crippen LogP contribution in [0.2, 0.25) is 5.02 Å². The molecule has 0 atom stereocenters. The van der Waals surface area contributed by atoms with E-state index in [1.165, 1.54) is 6.92 Å². The standard InChI is InChI=1S/C16H15ClN2O2/c1-10-8-13(17)6-7-15(10)19-16(21)12-4-3-5-14(9-12)18-11(2)20/h3-9H,1-2H3,(H,18,20)(H,19,21). The highest BCUT2D eigenvalue weighted by Crippen LogP contribution is 2.20. The van der Waals surface area contributed by atoms with Crippen LogP contribution in [0.1, 0.15) is 22.8 Å². The summed E-state index contributed by atoms with van der Waals surface area (Å²) >= 11 is 5.89. The number of benzene rings is 2. The number of amides is 2. The Morgan fingerprint density at radius 2 is 1.81 bits per heavy atom. The zero-order valence-corrected chi connectivity index (χ0v) is 12.5. The Morgan fingerprint density at radius 1 is 1.05 bits per heavy atom. The molecule has 0 aliphatic heterocycles. The lowest BCUT2D eigenvalue weighted by Gasteiger charge is -2.10.